The molecular weight excluding hydrogens is 252 g/mol. The molecule has 5 nitrogen and oxygen atoms in total. The minimum Gasteiger partial charge on any atom is -0.395 e. The Morgan fingerprint density at radius 3 is 2.65 bits per heavy atom. The first kappa shape index (κ1) is 14.9. The molecule has 1 heterocycles. The number of hydrogen-bond acceptors (Lipinski definition) is 3. The number of amides is 1. The van der Waals surface area contributed by atoms with Crippen molar-refractivity contribution in [2.45, 2.75) is 59.5 Å². The fourth-order valence-electron chi connectivity index (χ4n) is 2.42. The van der Waals surface area contributed by atoms with Gasteiger partial charge >= 0.3 is 0 Å². The molecule has 0 bridgehead atoms. The Bertz CT molecular complexity index is 488. The molecule has 1 amide bonds. The lowest BCUT2D eigenvalue weighted by molar-refractivity contribution is 0.0724. The number of carbonyl (C=O) groups is 1. The monoisotopic (exact) mass is 278 g/mol. The molecule has 1 aliphatic carbocycles. The van der Waals surface area contributed by atoms with Gasteiger partial charge in [-0.3, -0.25) is 9.48 Å². The maximum absolute atomic E-state index is 12.8. The van der Waals surface area contributed by atoms with Gasteiger partial charge < -0.3 is 10.6 Å². The van der Waals surface area contributed by atoms with Gasteiger partial charge in [0.2, 0.25) is 0 Å². The number of aromatic nitrogens is 2. The van der Waals surface area contributed by atoms with Crippen molar-refractivity contribution in [1.29, 1.82) is 0 Å². The second kappa shape index (κ2) is 5.85. The number of nitrogen functional groups attached to an aromatic ring is 1. The minimum atomic E-state index is 0.0492. The molecule has 1 fully saturated rings. The molecule has 2 rings (SSSR count). The molecule has 1 aliphatic rings. The van der Waals surface area contributed by atoms with Gasteiger partial charge in [-0.1, -0.05) is 13.8 Å². The van der Waals surface area contributed by atoms with Gasteiger partial charge in [-0.2, -0.15) is 5.10 Å². The number of anilines is 1. The largest absolute Gasteiger partial charge is 0.395 e. The van der Waals surface area contributed by atoms with Crippen LogP contribution in [0.1, 0.15) is 56.2 Å². The Morgan fingerprint density at radius 1 is 1.50 bits per heavy atom. The Hall–Kier alpha value is -1.52. The third-order valence-corrected chi connectivity index (χ3v) is 3.87. The van der Waals surface area contributed by atoms with Crippen molar-refractivity contribution in [3.05, 3.63) is 11.4 Å². The SMILES string of the molecule is CCn1nc(C)c(N)c1C(=O)N(CCC(C)C)C1CC1. The molecule has 2 N–H and O–H groups in total. The lowest BCUT2D eigenvalue weighted by Crippen LogP contribution is -2.36. The average Bonchev–Trinajstić information content (AvgIpc) is 3.17. The smallest absolute Gasteiger partial charge is 0.274 e. The number of nitrogens with two attached hydrogens (primary N) is 1. The molecule has 0 radical (unpaired) electrons. The van der Waals surface area contributed by atoms with E-state index in [9.17, 15) is 4.79 Å². The van der Waals surface area contributed by atoms with Crippen molar-refractivity contribution >= 4 is 11.6 Å². The first-order valence-corrected chi connectivity index (χ1v) is 7.59. The van der Waals surface area contributed by atoms with E-state index in [0.717, 1.165) is 31.5 Å². The summed E-state index contributed by atoms with van der Waals surface area (Å²) in [7, 11) is 0. The highest BCUT2D eigenvalue weighted by atomic mass is 16.2. The Morgan fingerprint density at radius 2 is 2.15 bits per heavy atom. The van der Waals surface area contributed by atoms with Gasteiger partial charge in [0.1, 0.15) is 5.69 Å². The van der Waals surface area contributed by atoms with E-state index in [2.05, 4.69) is 18.9 Å². The molecule has 0 spiro atoms. The molecule has 20 heavy (non-hydrogen) atoms. The fourth-order valence-corrected chi connectivity index (χ4v) is 2.42. The first-order valence-electron chi connectivity index (χ1n) is 7.59. The summed E-state index contributed by atoms with van der Waals surface area (Å²) in [6, 6.07) is 0.404. The van der Waals surface area contributed by atoms with Crippen LogP contribution in [0.3, 0.4) is 0 Å². The summed E-state index contributed by atoms with van der Waals surface area (Å²) >= 11 is 0. The van der Waals surface area contributed by atoms with Crippen LogP contribution in [0, 0.1) is 12.8 Å². The summed E-state index contributed by atoms with van der Waals surface area (Å²) in [6.07, 6.45) is 3.26. The zero-order valence-corrected chi connectivity index (χ0v) is 13.0. The first-order chi connectivity index (χ1) is 9.45. The van der Waals surface area contributed by atoms with E-state index in [0.29, 0.717) is 29.9 Å². The van der Waals surface area contributed by atoms with Crippen LogP contribution in [0.15, 0.2) is 0 Å². The molecule has 112 valence electrons. The summed E-state index contributed by atoms with van der Waals surface area (Å²) < 4.78 is 1.73. The van der Waals surface area contributed by atoms with Gasteiger partial charge in [-0.05, 0) is 39.0 Å². The highest BCUT2D eigenvalue weighted by molar-refractivity contribution is 5.98. The molecular formula is C15H26N4O. The van der Waals surface area contributed by atoms with E-state index in [1.807, 2.05) is 18.7 Å². The summed E-state index contributed by atoms with van der Waals surface area (Å²) in [6.45, 7) is 9.69. The van der Waals surface area contributed by atoms with Crippen LogP contribution in [-0.4, -0.2) is 33.2 Å². The van der Waals surface area contributed by atoms with E-state index in [-0.39, 0.29) is 5.91 Å². The minimum absolute atomic E-state index is 0.0492. The van der Waals surface area contributed by atoms with Gasteiger partial charge in [0.15, 0.2) is 0 Å². The molecule has 0 unspecified atom stereocenters. The summed E-state index contributed by atoms with van der Waals surface area (Å²) in [5.41, 5.74) is 7.91. The number of aryl methyl sites for hydroxylation is 2. The van der Waals surface area contributed by atoms with Crippen molar-refractivity contribution in [3.8, 4) is 0 Å². The highest BCUT2D eigenvalue weighted by Crippen LogP contribution is 2.30. The van der Waals surface area contributed by atoms with Crippen molar-refractivity contribution in [1.82, 2.24) is 14.7 Å². The van der Waals surface area contributed by atoms with E-state index in [1.54, 1.807) is 4.68 Å². The average molecular weight is 278 g/mol. The molecule has 5 heteroatoms. The van der Waals surface area contributed by atoms with Gasteiger partial charge in [0.25, 0.3) is 5.91 Å². The van der Waals surface area contributed by atoms with Crippen LogP contribution >= 0.6 is 0 Å². The standard InChI is InChI=1S/C15H26N4O/c1-5-19-14(13(16)11(4)17-19)15(20)18(12-6-7-12)9-8-10(2)3/h10,12H,5-9,16H2,1-4H3. The predicted octanol–water partition coefficient (Wildman–Crippen LogP) is 2.44. The lowest BCUT2D eigenvalue weighted by atomic mass is 10.1. The van der Waals surface area contributed by atoms with Crippen LogP contribution in [0.25, 0.3) is 0 Å². The van der Waals surface area contributed by atoms with Gasteiger partial charge in [-0.25, -0.2) is 0 Å². The second-order valence-electron chi connectivity index (χ2n) is 6.08. The maximum Gasteiger partial charge on any atom is 0.274 e. The van der Waals surface area contributed by atoms with E-state index >= 15 is 0 Å². The number of hydrogen-bond donors (Lipinski definition) is 1. The quantitative estimate of drug-likeness (QED) is 0.869. The third-order valence-electron chi connectivity index (χ3n) is 3.87. The fraction of sp³-hybridized carbons (Fsp3) is 0.733. The van der Waals surface area contributed by atoms with Crippen molar-refractivity contribution in [2.24, 2.45) is 5.92 Å². The molecule has 0 atom stereocenters. The molecule has 1 saturated carbocycles. The molecule has 0 aromatic carbocycles. The normalized spacial score (nSPS) is 14.8. The van der Waals surface area contributed by atoms with Crippen LogP contribution < -0.4 is 5.73 Å². The van der Waals surface area contributed by atoms with Crippen molar-refractivity contribution < 1.29 is 4.79 Å². The topological polar surface area (TPSA) is 64.2 Å². The zero-order valence-electron chi connectivity index (χ0n) is 13.0. The second-order valence-corrected chi connectivity index (χ2v) is 6.08. The Balaban J connectivity index is 2.23. The van der Waals surface area contributed by atoms with E-state index in [1.165, 1.54) is 0 Å². The molecule has 0 aliphatic heterocycles. The third kappa shape index (κ3) is 2.97. The molecule has 1 aromatic heterocycles. The highest BCUT2D eigenvalue weighted by Gasteiger charge is 2.35. The van der Waals surface area contributed by atoms with Gasteiger partial charge in [0.05, 0.1) is 11.4 Å². The summed E-state index contributed by atoms with van der Waals surface area (Å²) in [5, 5.41) is 4.35. The van der Waals surface area contributed by atoms with Crippen LogP contribution in [0.2, 0.25) is 0 Å². The molecule has 0 saturated heterocycles. The van der Waals surface area contributed by atoms with Gasteiger partial charge in [0, 0.05) is 19.1 Å². The van der Waals surface area contributed by atoms with Crippen LogP contribution in [-0.2, 0) is 6.54 Å². The van der Waals surface area contributed by atoms with Crippen LogP contribution in [0.5, 0.6) is 0 Å². The number of carbonyl (C=O) groups excluding carboxylic acids is 1. The Kier molecular flexibility index (Phi) is 4.35. The number of nitrogens with zero attached hydrogens (tertiary/aromatic N) is 3. The number of rotatable bonds is 6. The van der Waals surface area contributed by atoms with Crippen LogP contribution in [0.4, 0.5) is 5.69 Å². The van der Waals surface area contributed by atoms with Crippen molar-refractivity contribution in [3.63, 3.8) is 0 Å². The zero-order chi connectivity index (χ0) is 14.9. The van der Waals surface area contributed by atoms with Crippen molar-refractivity contribution in [2.75, 3.05) is 12.3 Å². The van der Waals surface area contributed by atoms with E-state index < -0.39 is 0 Å². The Labute approximate surface area is 121 Å². The summed E-state index contributed by atoms with van der Waals surface area (Å²) in [5.74, 6) is 0.646. The molecule has 1 aromatic rings. The van der Waals surface area contributed by atoms with E-state index in [4.69, 9.17) is 5.73 Å². The van der Waals surface area contributed by atoms with Gasteiger partial charge in [-0.15, -0.1) is 0 Å². The maximum atomic E-state index is 12.8. The lowest BCUT2D eigenvalue weighted by Gasteiger charge is -2.24. The summed E-state index contributed by atoms with van der Waals surface area (Å²) in [4.78, 5) is 14.8. The predicted molar refractivity (Wildman–Crippen MR) is 80.6 cm³/mol.